The predicted molar refractivity (Wildman–Crippen MR) is 61.7 cm³/mol. The molecular formula is C11H10F5N5O. The van der Waals surface area contributed by atoms with Gasteiger partial charge in [-0.25, -0.2) is 4.68 Å². The summed E-state index contributed by atoms with van der Waals surface area (Å²) in [4.78, 5) is 3.31. The van der Waals surface area contributed by atoms with E-state index < -0.39 is 36.9 Å². The summed E-state index contributed by atoms with van der Waals surface area (Å²) in [5.41, 5.74) is -1.08. The summed E-state index contributed by atoms with van der Waals surface area (Å²) in [6.45, 7) is -0.591. The van der Waals surface area contributed by atoms with Gasteiger partial charge in [0.25, 0.3) is 0 Å². The van der Waals surface area contributed by atoms with E-state index in [1.54, 1.807) is 0 Å². The Morgan fingerprint density at radius 1 is 1.18 bits per heavy atom. The van der Waals surface area contributed by atoms with Crippen LogP contribution in [-0.4, -0.2) is 42.6 Å². The summed E-state index contributed by atoms with van der Waals surface area (Å²) in [5, 5.41) is 19.4. The second-order valence-corrected chi connectivity index (χ2v) is 4.51. The molecule has 11 heteroatoms. The minimum Gasteiger partial charge on any atom is -0.384 e. The van der Waals surface area contributed by atoms with Crippen molar-refractivity contribution in [2.45, 2.75) is 31.2 Å². The number of rotatable bonds is 5. The summed E-state index contributed by atoms with van der Waals surface area (Å²) in [5.74, 6) is -3.76. The zero-order valence-electron chi connectivity index (χ0n) is 10.9. The van der Waals surface area contributed by atoms with Crippen LogP contribution in [0.4, 0.5) is 22.0 Å². The molecule has 0 aromatic carbocycles. The average Bonchev–Trinajstić information content (AvgIpc) is 2.90. The van der Waals surface area contributed by atoms with Crippen LogP contribution in [0.1, 0.15) is 11.3 Å². The second-order valence-electron chi connectivity index (χ2n) is 4.51. The first-order valence-electron chi connectivity index (χ1n) is 5.97. The quantitative estimate of drug-likeness (QED) is 0.840. The second kappa shape index (κ2) is 5.91. The number of hydrogen-bond donors (Lipinski definition) is 1. The number of aliphatic hydroxyl groups excluding tert-OH is 1. The lowest BCUT2D eigenvalue weighted by molar-refractivity contribution is -0.127. The first kappa shape index (κ1) is 16.2. The Bertz CT molecular complexity index is 598. The number of aliphatic hydroxyl groups is 1. The van der Waals surface area contributed by atoms with E-state index in [9.17, 15) is 27.1 Å². The van der Waals surface area contributed by atoms with Gasteiger partial charge in [-0.3, -0.25) is 4.98 Å². The monoisotopic (exact) mass is 323 g/mol. The number of alkyl halides is 5. The van der Waals surface area contributed by atoms with Gasteiger partial charge in [-0.05, 0) is 22.1 Å². The predicted octanol–water partition coefficient (Wildman–Crippen LogP) is 1.33. The van der Waals surface area contributed by atoms with Gasteiger partial charge in [0.05, 0.1) is 13.0 Å². The van der Waals surface area contributed by atoms with Crippen molar-refractivity contribution in [2.24, 2.45) is 0 Å². The zero-order chi connectivity index (χ0) is 16.4. The number of pyridine rings is 1. The molecule has 0 spiro atoms. The van der Waals surface area contributed by atoms with Crippen molar-refractivity contribution in [1.82, 2.24) is 25.2 Å². The van der Waals surface area contributed by atoms with Gasteiger partial charge in [0.2, 0.25) is 0 Å². The maximum Gasteiger partial charge on any atom is 0.393 e. The van der Waals surface area contributed by atoms with Gasteiger partial charge < -0.3 is 5.11 Å². The Labute approximate surface area is 120 Å². The maximum absolute atomic E-state index is 14.0. The Hall–Kier alpha value is -2.17. The van der Waals surface area contributed by atoms with Crippen molar-refractivity contribution in [3.63, 3.8) is 0 Å². The molecule has 0 aliphatic carbocycles. The first-order chi connectivity index (χ1) is 10.2. The average molecular weight is 323 g/mol. The Morgan fingerprint density at radius 3 is 2.41 bits per heavy atom. The van der Waals surface area contributed by atoms with Gasteiger partial charge in [0, 0.05) is 6.20 Å². The van der Waals surface area contributed by atoms with Crippen molar-refractivity contribution in [2.75, 3.05) is 0 Å². The normalized spacial score (nSPS) is 14.1. The molecule has 1 unspecified atom stereocenters. The van der Waals surface area contributed by atoms with Crippen LogP contribution in [0.15, 0.2) is 24.7 Å². The molecule has 0 radical (unpaired) electrons. The lowest BCUT2D eigenvalue weighted by atomic mass is 10.1. The minimum absolute atomic E-state index is 0.248. The molecule has 120 valence electrons. The molecule has 0 saturated heterocycles. The number of aromatic nitrogens is 5. The third kappa shape index (κ3) is 3.93. The van der Waals surface area contributed by atoms with Crippen LogP contribution >= 0.6 is 0 Å². The fourth-order valence-electron chi connectivity index (χ4n) is 1.68. The zero-order valence-corrected chi connectivity index (χ0v) is 10.9. The summed E-state index contributed by atoms with van der Waals surface area (Å²) >= 11 is 0. The molecule has 22 heavy (non-hydrogen) atoms. The molecule has 0 bridgehead atoms. The van der Waals surface area contributed by atoms with Crippen molar-refractivity contribution in [3.05, 3.63) is 35.9 Å². The Balaban J connectivity index is 2.11. The molecule has 6 nitrogen and oxygen atoms in total. The molecule has 0 aliphatic rings. The van der Waals surface area contributed by atoms with Gasteiger partial charge in [0.1, 0.15) is 18.1 Å². The van der Waals surface area contributed by atoms with E-state index in [0.29, 0.717) is 6.20 Å². The van der Waals surface area contributed by atoms with Crippen LogP contribution in [0.3, 0.4) is 0 Å². The third-order valence-electron chi connectivity index (χ3n) is 2.74. The molecular weight excluding hydrogens is 313 g/mol. The molecule has 0 aliphatic heterocycles. The van der Waals surface area contributed by atoms with E-state index in [1.165, 1.54) is 0 Å². The molecule has 2 heterocycles. The number of hydrogen-bond acceptors (Lipinski definition) is 5. The number of nitrogens with zero attached hydrogens (tertiary/aromatic N) is 5. The van der Waals surface area contributed by atoms with Crippen molar-refractivity contribution in [3.8, 4) is 0 Å². The van der Waals surface area contributed by atoms with Gasteiger partial charge in [-0.2, -0.15) is 22.0 Å². The highest BCUT2D eigenvalue weighted by Gasteiger charge is 2.42. The summed E-state index contributed by atoms with van der Waals surface area (Å²) in [7, 11) is 0. The van der Waals surface area contributed by atoms with Crippen LogP contribution in [0.5, 0.6) is 0 Å². The summed E-state index contributed by atoms with van der Waals surface area (Å²) < 4.78 is 65.4. The summed E-state index contributed by atoms with van der Waals surface area (Å²) in [6.07, 6.45) is -6.15. The fourth-order valence-corrected chi connectivity index (χ4v) is 1.68. The van der Waals surface area contributed by atoms with Crippen molar-refractivity contribution in [1.29, 1.82) is 0 Å². The highest BCUT2D eigenvalue weighted by Crippen LogP contribution is 2.31. The third-order valence-corrected chi connectivity index (χ3v) is 2.74. The highest BCUT2D eigenvalue weighted by molar-refractivity contribution is 5.19. The Kier molecular flexibility index (Phi) is 4.35. The van der Waals surface area contributed by atoms with Gasteiger partial charge in [0.15, 0.2) is 0 Å². The van der Waals surface area contributed by atoms with Crippen molar-refractivity contribution < 1.29 is 27.1 Å². The van der Waals surface area contributed by atoms with Crippen LogP contribution < -0.4 is 0 Å². The van der Waals surface area contributed by atoms with E-state index in [0.717, 1.165) is 23.1 Å². The van der Waals surface area contributed by atoms with Crippen LogP contribution in [0, 0.1) is 0 Å². The lowest BCUT2D eigenvalue weighted by Crippen LogP contribution is -2.35. The van der Waals surface area contributed by atoms with Gasteiger partial charge in [-0.15, -0.1) is 5.10 Å². The van der Waals surface area contributed by atoms with Gasteiger partial charge >= 0.3 is 12.1 Å². The smallest absolute Gasteiger partial charge is 0.384 e. The van der Waals surface area contributed by atoms with E-state index >= 15 is 0 Å². The van der Waals surface area contributed by atoms with E-state index in [-0.39, 0.29) is 5.56 Å². The minimum atomic E-state index is -4.45. The molecule has 0 amide bonds. The highest BCUT2D eigenvalue weighted by atomic mass is 19.4. The summed E-state index contributed by atoms with van der Waals surface area (Å²) in [6, 6.07) is 1.65. The van der Waals surface area contributed by atoms with E-state index in [1.807, 2.05) is 0 Å². The molecule has 1 N–H and O–H groups in total. The Morgan fingerprint density at radius 2 is 1.91 bits per heavy atom. The van der Waals surface area contributed by atoms with E-state index in [2.05, 4.69) is 20.5 Å². The van der Waals surface area contributed by atoms with Crippen molar-refractivity contribution >= 4 is 0 Å². The number of halogens is 5. The van der Waals surface area contributed by atoms with Crippen LogP contribution in [0.2, 0.25) is 0 Å². The van der Waals surface area contributed by atoms with E-state index in [4.69, 9.17) is 0 Å². The topological polar surface area (TPSA) is 76.7 Å². The number of tetrazole rings is 1. The fraction of sp³-hybridized carbons (Fsp3) is 0.455. The first-order valence-corrected chi connectivity index (χ1v) is 5.97. The SMILES string of the molecule is OC(Cn1cnnn1)C(F)(F)c1ccc(CC(F)(F)F)cn1. The lowest BCUT2D eigenvalue weighted by Gasteiger charge is -2.21. The molecule has 0 saturated carbocycles. The maximum atomic E-state index is 14.0. The van der Waals surface area contributed by atoms with Gasteiger partial charge in [-0.1, -0.05) is 6.07 Å². The molecule has 2 rings (SSSR count). The molecule has 2 aromatic heterocycles. The molecule has 2 aromatic rings. The van der Waals surface area contributed by atoms with Crippen LogP contribution in [-0.2, 0) is 18.9 Å². The largest absolute Gasteiger partial charge is 0.393 e. The molecule has 1 atom stereocenters. The standard InChI is InChI=1S/C11H10F5N5O/c12-10(13,14)3-7-1-2-8(17-4-7)11(15,16)9(22)5-21-6-18-19-20-21/h1-2,4,6,9,22H,3,5H2. The molecule has 0 fully saturated rings. The van der Waals surface area contributed by atoms with Crippen LogP contribution in [0.25, 0.3) is 0 Å².